The van der Waals surface area contributed by atoms with Crippen molar-refractivity contribution < 1.29 is 9.13 Å². The van der Waals surface area contributed by atoms with Gasteiger partial charge in [0, 0.05) is 11.3 Å². The van der Waals surface area contributed by atoms with Crippen LogP contribution in [0, 0.1) is 12.7 Å². The van der Waals surface area contributed by atoms with E-state index >= 15 is 0 Å². The largest absolute Gasteiger partial charge is 0.494 e. The molecule has 4 heteroatoms. The van der Waals surface area contributed by atoms with E-state index in [-0.39, 0.29) is 11.6 Å². The van der Waals surface area contributed by atoms with Crippen LogP contribution >= 0.6 is 0 Å². The van der Waals surface area contributed by atoms with Crippen LogP contribution in [0.1, 0.15) is 5.69 Å². The van der Waals surface area contributed by atoms with Crippen LogP contribution in [0.15, 0.2) is 30.3 Å². The van der Waals surface area contributed by atoms with Crippen molar-refractivity contribution in [3.8, 4) is 16.9 Å². The second-order valence-electron chi connectivity index (χ2n) is 3.72. The molecule has 0 fully saturated rings. The fourth-order valence-corrected chi connectivity index (χ4v) is 1.71. The predicted molar refractivity (Wildman–Crippen MR) is 65.3 cm³/mol. The van der Waals surface area contributed by atoms with E-state index in [1.165, 1.54) is 13.2 Å². The van der Waals surface area contributed by atoms with E-state index in [9.17, 15) is 4.39 Å². The molecule has 1 aromatic carbocycles. The number of nitrogens with zero attached hydrogens (tertiary/aromatic N) is 1. The summed E-state index contributed by atoms with van der Waals surface area (Å²) in [5, 5.41) is 0. The van der Waals surface area contributed by atoms with Crippen LogP contribution in [-0.4, -0.2) is 12.1 Å². The average molecular weight is 232 g/mol. The number of methoxy groups -OCH3 is 1. The first-order chi connectivity index (χ1) is 8.11. The third-order valence-corrected chi connectivity index (χ3v) is 2.57. The monoisotopic (exact) mass is 232 g/mol. The van der Waals surface area contributed by atoms with Gasteiger partial charge in [-0.15, -0.1) is 0 Å². The molecule has 0 bridgehead atoms. The first kappa shape index (κ1) is 11.4. The molecule has 1 heterocycles. The first-order valence-corrected chi connectivity index (χ1v) is 5.19. The third kappa shape index (κ3) is 2.20. The van der Waals surface area contributed by atoms with Gasteiger partial charge in [0.15, 0.2) is 11.6 Å². The van der Waals surface area contributed by atoms with E-state index in [1.54, 1.807) is 18.2 Å². The van der Waals surface area contributed by atoms with Crippen LogP contribution in [0.25, 0.3) is 11.1 Å². The average Bonchev–Trinajstić information content (AvgIpc) is 2.30. The number of rotatable bonds is 2. The molecule has 0 unspecified atom stereocenters. The Morgan fingerprint density at radius 1 is 1.24 bits per heavy atom. The van der Waals surface area contributed by atoms with Gasteiger partial charge in [-0.05, 0) is 36.8 Å². The molecule has 2 N–H and O–H groups in total. The number of aromatic nitrogens is 1. The lowest BCUT2D eigenvalue weighted by Crippen LogP contribution is -1.95. The number of nitrogens with two attached hydrogens (primary N) is 1. The van der Waals surface area contributed by atoms with Crippen LogP contribution in [0.2, 0.25) is 0 Å². The zero-order valence-corrected chi connectivity index (χ0v) is 9.70. The Balaban J connectivity index is 2.53. The number of ether oxygens (including phenoxy) is 1. The molecule has 0 spiro atoms. The molecular formula is C13H13FN2O. The third-order valence-electron chi connectivity index (χ3n) is 2.57. The maximum Gasteiger partial charge on any atom is 0.165 e. The summed E-state index contributed by atoms with van der Waals surface area (Å²) in [7, 11) is 1.44. The Kier molecular flexibility index (Phi) is 2.95. The summed E-state index contributed by atoms with van der Waals surface area (Å²) in [5.74, 6) is 0.316. The van der Waals surface area contributed by atoms with Gasteiger partial charge in [0.2, 0.25) is 0 Å². The lowest BCUT2D eigenvalue weighted by Gasteiger charge is -2.08. The van der Waals surface area contributed by atoms with Gasteiger partial charge in [-0.1, -0.05) is 6.07 Å². The van der Waals surface area contributed by atoms with Crippen LogP contribution in [-0.2, 0) is 0 Å². The molecule has 88 valence electrons. The smallest absolute Gasteiger partial charge is 0.165 e. The fraction of sp³-hybridized carbons (Fsp3) is 0.154. The Labute approximate surface area is 99.1 Å². The second kappa shape index (κ2) is 4.41. The van der Waals surface area contributed by atoms with E-state index in [2.05, 4.69) is 4.98 Å². The van der Waals surface area contributed by atoms with Crippen molar-refractivity contribution in [1.82, 2.24) is 4.98 Å². The van der Waals surface area contributed by atoms with Crippen molar-refractivity contribution in [1.29, 1.82) is 0 Å². The van der Waals surface area contributed by atoms with Crippen molar-refractivity contribution in [3.05, 3.63) is 41.8 Å². The second-order valence-corrected chi connectivity index (χ2v) is 3.72. The first-order valence-electron chi connectivity index (χ1n) is 5.19. The highest BCUT2D eigenvalue weighted by molar-refractivity contribution is 5.68. The van der Waals surface area contributed by atoms with Gasteiger partial charge in [0.25, 0.3) is 0 Å². The molecule has 0 aliphatic heterocycles. The maximum absolute atomic E-state index is 13.3. The lowest BCUT2D eigenvalue weighted by molar-refractivity contribution is 0.387. The number of anilines is 1. The summed E-state index contributed by atoms with van der Waals surface area (Å²) in [5.41, 5.74) is 8.16. The molecule has 17 heavy (non-hydrogen) atoms. The van der Waals surface area contributed by atoms with Gasteiger partial charge < -0.3 is 10.5 Å². The van der Waals surface area contributed by atoms with Gasteiger partial charge in [-0.2, -0.15) is 0 Å². The van der Waals surface area contributed by atoms with Crippen LogP contribution in [0.4, 0.5) is 10.2 Å². The van der Waals surface area contributed by atoms with Crippen molar-refractivity contribution >= 4 is 5.82 Å². The molecule has 0 aliphatic carbocycles. The molecule has 3 nitrogen and oxygen atoms in total. The quantitative estimate of drug-likeness (QED) is 0.866. The number of nitrogen functional groups attached to an aromatic ring is 1. The molecular weight excluding hydrogens is 219 g/mol. The summed E-state index contributed by atoms with van der Waals surface area (Å²) in [6.07, 6.45) is 0. The highest BCUT2D eigenvalue weighted by Crippen LogP contribution is 2.28. The molecule has 2 rings (SSSR count). The predicted octanol–water partition coefficient (Wildman–Crippen LogP) is 2.79. The minimum Gasteiger partial charge on any atom is -0.494 e. The van der Waals surface area contributed by atoms with Gasteiger partial charge >= 0.3 is 0 Å². The van der Waals surface area contributed by atoms with E-state index in [0.29, 0.717) is 5.82 Å². The standard InChI is InChI=1S/C13H13FN2O/c1-8-10(4-6-13(15)16-8)9-3-5-11(14)12(7-9)17-2/h3-7H,1-2H3,(H2,15,16). The molecule has 0 amide bonds. The Hall–Kier alpha value is -2.10. The fourth-order valence-electron chi connectivity index (χ4n) is 1.71. The molecule has 0 atom stereocenters. The van der Waals surface area contributed by atoms with Gasteiger partial charge in [0.05, 0.1) is 7.11 Å². The summed E-state index contributed by atoms with van der Waals surface area (Å²) in [6, 6.07) is 8.31. The van der Waals surface area contributed by atoms with E-state index in [4.69, 9.17) is 10.5 Å². The van der Waals surface area contributed by atoms with Crippen molar-refractivity contribution in [2.75, 3.05) is 12.8 Å². The van der Waals surface area contributed by atoms with E-state index < -0.39 is 0 Å². The van der Waals surface area contributed by atoms with E-state index in [0.717, 1.165) is 16.8 Å². The highest BCUT2D eigenvalue weighted by Gasteiger charge is 2.08. The zero-order chi connectivity index (χ0) is 12.4. The number of pyridine rings is 1. The minimum atomic E-state index is -0.377. The van der Waals surface area contributed by atoms with Crippen LogP contribution in [0.5, 0.6) is 5.75 Å². The number of hydrogen-bond donors (Lipinski definition) is 1. The zero-order valence-electron chi connectivity index (χ0n) is 9.70. The molecule has 0 saturated carbocycles. The molecule has 0 aliphatic rings. The topological polar surface area (TPSA) is 48.1 Å². The number of aryl methyl sites for hydroxylation is 1. The molecule has 0 saturated heterocycles. The Morgan fingerprint density at radius 3 is 2.65 bits per heavy atom. The molecule has 0 radical (unpaired) electrons. The Morgan fingerprint density at radius 2 is 2.00 bits per heavy atom. The normalized spacial score (nSPS) is 10.3. The van der Waals surface area contributed by atoms with Gasteiger partial charge in [0.1, 0.15) is 5.82 Å². The van der Waals surface area contributed by atoms with E-state index in [1.807, 2.05) is 13.0 Å². The number of hydrogen-bond acceptors (Lipinski definition) is 3. The molecule has 2 aromatic rings. The molecule has 1 aromatic heterocycles. The minimum absolute atomic E-state index is 0.221. The van der Waals surface area contributed by atoms with Gasteiger partial charge in [-0.25, -0.2) is 9.37 Å². The lowest BCUT2D eigenvalue weighted by atomic mass is 10.0. The van der Waals surface area contributed by atoms with Crippen molar-refractivity contribution in [2.45, 2.75) is 6.92 Å². The Bertz CT molecular complexity index is 555. The SMILES string of the molecule is COc1cc(-c2ccc(N)nc2C)ccc1F. The maximum atomic E-state index is 13.3. The van der Waals surface area contributed by atoms with Crippen molar-refractivity contribution in [3.63, 3.8) is 0 Å². The number of halogens is 1. The summed E-state index contributed by atoms with van der Waals surface area (Å²) in [6.45, 7) is 1.86. The number of benzene rings is 1. The summed E-state index contributed by atoms with van der Waals surface area (Å²) >= 11 is 0. The highest BCUT2D eigenvalue weighted by atomic mass is 19.1. The van der Waals surface area contributed by atoms with Gasteiger partial charge in [-0.3, -0.25) is 0 Å². The summed E-state index contributed by atoms with van der Waals surface area (Å²) < 4.78 is 18.2. The van der Waals surface area contributed by atoms with Crippen LogP contribution < -0.4 is 10.5 Å². The van der Waals surface area contributed by atoms with Crippen molar-refractivity contribution in [2.24, 2.45) is 0 Å². The summed E-state index contributed by atoms with van der Waals surface area (Å²) in [4.78, 5) is 4.17. The van der Waals surface area contributed by atoms with Crippen LogP contribution in [0.3, 0.4) is 0 Å².